The van der Waals surface area contributed by atoms with Crippen LogP contribution in [0.15, 0.2) is 52.5 Å². The molecule has 0 bridgehead atoms. The number of anilines is 2. The molecule has 2 aromatic heterocycles. The SMILES string of the molecule is c1ccc(Nc2nc(-c3ccsc3)cs2)cc1. The highest BCUT2D eigenvalue weighted by atomic mass is 32.1. The second-order valence-electron chi connectivity index (χ2n) is 3.54. The molecule has 1 N–H and O–H groups in total. The molecule has 0 aliphatic rings. The molecule has 2 nitrogen and oxygen atoms in total. The van der Waals surface area contributed by atoms with Gasteiger partial charge in [-0.05, 0) is 23.6 Å². The molecule has 0 saturated heterocycles. The van der Waals surface area contributed by atoms with Crippen LogP contribution in [0.3, 0.4) is 0 Å². The Hall–Kier alpha value is -1.65. The van der Waals surface area contributed by atoms with Crippen molar-refractivity contribution >= 4 is 33.5 Å². The van der Waals surface area contributed by atoms with E-state index in [0.717, 1.165) is 16.5 Å². The number of hydrogen-bond acceptors (Lipinski definition) is 4. The summed E-state index contributed by atoms with van der Waals surface area (Å²) >= 11 is 3.32. The highest BCUT2D eigenvalue weighted by Gasteiger charge is 2.04. The van der Waals surface area contributed by atoms with Crippen molar-refractivity contribution < 1.29 is 0 Å². The van der Waals surface area contributed by atoms with E-state index in [9.17, 15) is 0 Å². The smallest absolute Gasteiger partial charge is 0.187 e. The molecule has 0 atom stereocenters. The van der Waals surface area contributed by atoms with Crippen LogP contribution in [-0.2, 0) is 0 Å². The summed E-state index contributed by atoms with van der Waals surface area (Å²) in [4.78, 5) is 4.56. The van der Waals surface area contributed by atoms with Crippen LogP contribution < -0.4 is 5.32 Å². The molecule has 0 fully saturated rings. The van der Waals surface area contributed by atoms with Gasteiger partial charge in [0, 0.05) is 22.0 Å². The molecule has 0 amide bonds. The predicted molar refractivity (Wildman–Crippen MR) is 75.2 cm³/mol. The van der Waals surface area contributed by atoms with Gasteiger partial charge in [0.15, 0.2) is 5.13 Å². The molecule has 17 heavy (non-hydrogen) atoms. The van der Waals surface area contributed by atoms with Gasteiger partial charge in [0.2, 0.25) is 0 Å². The second kappa shape index (κ2) is 4.69. The van der Waals surface area contributed by atoms with Crippen LogP contribution in [0, 0.1) is 0 Å². The number of aromatic nitrogens is 1. The van der Waals surface area contributed by atoms with Gasteiger partial charge < -0.3 is 5.32 Å². The van der Waals surface area contributed by atoms with Crippen LogP contribution in [0.2, 0.25) is 0 Å². The van der Waals surface area contributed by atoms with E-state index in [4.69, 9.17) is 0 Å². The van der Waals surface area contributed by atoms with E-state index in [1.807, 2.05) is 30.3 Å². The minimum Gasteiger partial charge on any atom is -0.332 e. The first kappa shape index (κ1) is 10.5. The molecule has 3 rings (SSSR count). The van der Waals surface area contributed by atoms with Gasteiger partial charge >= 0.3 is 0 Å². The normalized spacial score (nSPS) is 10.4. The molecule has 4 heteroatoms. The highest BCUT2D eigenvalue weighted by Crippen LogP contribution is 2.28. The molecule has 3 aromatic rings. The number of hydrogen-bond donors (Lipinski definition) is 1. The Bertz CT molecular complexity index is 585. The lowest BCUT2D eigenvalue weighted by atomic mass is 10.3. The second-order valence-corrected chi connectivity index (χ2v) is 5.18. The Kier molecular flexibility index (Phi) is 2.90. The summed E-state index contributed by atoms with van der Waals surface area (Å²) in [5.74, 6) is 0. The first-order valence-corrected chi connectivity index (χ1v) is 7.04. The number of thiophene rings is 1. The Morgan fingerprint density at radius 1 is 1.00 bits per heavy atom. The Morgan fingerprint density at radius 3 is 2.65 bits per heavy atom. The van der Waals surface area contributed by atoms with Gasteiger partial charge in [0.25, 0.3) is 0 Å². The zero-order valence-corrected chi connectivity index (χ0v) is 10.6. The maximum atomic E-state index is 4.56. The van der Waals surface area contributed by atoms with Gasteiger partial charge in [-0.1, -0.05) is 18.2 Å². The molecule has 0 aliphatic heterocycles. The molecule has 84 valence electrons. The molecule has 2 heterocycles. The minimum atomic E-state index is 0.928. The molecular formula is C13H10N2S2. The van der Waals surface area contributed by atoms with Crippen molar-refractivity contribution in [2.24, 2.45) is 0 Å². The number of benzene rings is 1. The number of nitrogens with zero attached hydrogens (tertiary/aromatic N) is 1. The average Bonchev–Trinajstić information content (AvgIpc) is 3.00. The van der Waals surface area contributed by atoms with Gasteiger partial charge in [-0.15, -0.1) is 11.3 Å². The fraction of sp³-hybridized carbons (Fsp3) is 0. The molecule has 0 radical (unpaired) electrons. The lowest BCUT2D eigenvalue weighted by molar-refractivity contribution is 1.39. The Balaban J connectivity index is 1.82. The summed E-state index contributed by atoms with van der Waals surface area (Å²) < 4.78 is 0. The summed E-state index contributed by atoms with van der Waals surface area (Å²) in [5.41, 5.74) is 3.29. The Labute approximate surface area is 108 Å². The lowest BCUT2D eigenvalue weighted by Gasteiger charge is -2.00. The van der Waals surface area contributed by atoms with Gasteiger partial charge in [0.1, 0.15) is 0 Å². The van der Waals surface area contributed by atoms with E-state index in [1.165, 1.54) is 5.56 Å². The van der Waals surface area contributed by atoms with E-state index < -0.39 is 0 Å². The molecule has 1 aromatic carbocycles. The average molecular weight is 258 g/mol. The van der Waals surface area contributed by atoms with Crippen LogP contribution >= 0.6 is 22.7 Å². The van der Waals surface area contributed by atoms with Crippen molar-refractivity contribution in [3.05, 3.63) is 52.5 Å². The van der Waals surface area contributed by atoms with Crippen LogP contribution in [0.25, 0.3) is 11.3 Å². The quantitative estimate of drug-likeness (QED) is 0.741. The zero-order chi connectivity index (χ0) is 11.5. The predicted octanol–water partition coefficient (Wildman–Crippen LogP) is 4.62. The maximum absolute atomic E-state index is 4.56. The van der Waals surface area contributed by atoms with Crippen molar-refractivity contribution in [2.75, 3.05) is 5.32 Å². The third-order valence-corrected chi connectivity index (χ3v) is 3.79. The number of para-hydroxylation sites is 1. The minimum absolute atomic E-state index is 0.928. The van der Waals surface area contributed by atoms with Crippen molar-refractivity contribution in [3.63, 3.8) is 0 Å². The van der Waals surface area contributed by atoms with Crippen LogP contribution in [0.1, 0.15) is 0 Å². The van der Waals surface area contributed by atoms with Crippen LogP contribution in [0.4, 0.5) is 10.8 Å². The van der Waals surface area contributed by atoms with Crippen molar-refractivity contribution in [1.82, 2.24) is 4.98 Å². The van der Waals surface area contributed by atoms with Gasteiger partial charge in [0.05, 0.1) is 5.69 Å². The van der Waals surface area contributed by atoms with E-state index in [-0.39, 0.29) is 0 Å². The first-order valence-electron chi connectivity index (χ1n) is 5.22. The summed E-state index contributed by atoms with van der Waals surface area (Å²) in [6, 6.07) is 12.2. The van der Waals surface area contributed by atoms with Crippen molar-refractivity contribution in [3.8, 4) is 11.3 Å². The lowest BCUT2D eigenvalue weighted by Crippen LogP contribution is -1.88. The topological polar surface area (TPSA) is 24.9 Å². The van der Waals surface area contributed by atoms with Crippen molar-refractivity contribution in [1.29, 1.82) is 0 Å². The molecular weight excluding hydrogens is 248 g/mol. The maximum Gasteiger partial charge on any atom is 0.187 e. The van der Waals surface area contributed by atoms with Gasteiger partial charge in [-0.3, -0.25) is 0 Å². The van der Waals surface area contributed by atoms with Gasteiger partial charge in [-0.2, -0.15) is 11.3 Å². The summed E-state index contributed by atoms with van der Waals surface area (Å²) in [5, 5.41) is 10.5. The fourth-order valence-corrected chi connectivity index (χ4v) is 2.91. The fourth-order valence-electron chi connectivity index (χ4n) is 1.52. The first-order chi connectivity index (χ1) is 8.42. The standard InChI is InChI=1S/C13H10N2S2/c1-2-4-11(5-3-1)14-13-15-12(9-17-13)10-6-7-16-8-10/h1-9H,(H,14,15). The Morgan fingerprint density at radius 2 is 1.88 bits per heavy atom. The third-order valence-electron chi connectivity index (χ3n) is 2.35. The molecule has 0 saturated carbocycles. The molecule has 0 spiro atoms. The highest BCUT2D eigenvalue weighted by molar-refractivity contribution is 7.14. The number of rotatable bonds is 3. The van der Waals surface area contributed by atoms with E-state index in [1.54, 1.807) is 22.7 Å². The number of thiazole rings is 1. The zero-order valence-electron chi connectivity index (χ0n) is 8.96. The summed E-state index contributed by atoms with van der Waals surface area (Å²) in [6.07, 6.45) is 0. The number of nitrogens with one attached hydrogen (secondary N) is 1. The van der Waals surface area contributed by atoms with E-state index in [0.29, 0.717) is 0 Å². The van der Waals surface area contributed by atoms with Crippen LogP contribution in [0.5, 0.6) is 0 Å². The van der Waals surface area contributed by atoms with Crippen molar-refractivity contribution in [2.45, 2.75) is 0 Å². The van der Waals surface area contributed by atoms with Crippen LogP contribution in [-0.4, -0.2) is 4.98 Å². The molecule has 0 unspecified atom stereocenters. The van der Waals surface area contributed by atoms with Gasteiger partial charge in [-0.25, -0.2) is 4.98 Å². The largest absolute Gasteiger partial charge is 0.332 e. The molecule has 0 aliphatic carbocycles. The third kappa shape index (κ3) is 2.38. The monoisotopic (exact) mass is 258 g/mol. The van der Waals surface area contributed by atoms with E-state index >= 15 is 0 Å². The van der Waals surface area contributed by atoms with E-state index in [2.05, 4.69) is 32.5 Å². The summed E-state index contributed by atoms with van der Waals surface area (Å²) in [7, 11) is 0. The summed E-state index contributed by atoms with van der Waals surface area (Å²) in [6.45, 7) is 0.